The van der Waals surface area contributed by atoms with Crippen LogP contribution in [0.5, 0.6) is 0 Å². The van der Waals surface area contributed by atoms with Crippen molar-refractivity contribution in [2.24, 2.45) is 0 Å². The van der Waals surface area contributed by atoms with Crippen LogP contribution < -0.4 is 25.8 Å². The summed E-state index contributed by atoms with van der Waals surface area (Å²) in [6, 6.07) is 8.04. The van der Waals surface area contributed by atoms with Crippen LogP contribution in [-0.4, -0.2) is 52.1 Å². The Labute approximate surface area is 196 Å². The number of carbonyl (C=O) groups excluding carboxylic acids is 1. The van der Waals surface area contributed by atoms with Gasteiger partial charge in [0.1, 0.15) is 5.69 Å². The van der Waals surface area contributed by atoms with Gasteiger partial charge < -0.3 is 15.3 Å². The summed E-state index contributed by atoms with van der Waals surface area (Å²) >= 11 is 0. The molecule has 1 aliphatic rings. The second-order valence-electron chi connectivity index (χ2n) is 9.15. The lowest BCUT2D eigenvalue weighted by Gasteiger charge is -2.28. The van der Waals surface area contributed by atoms with E-state index in [-0.39, 0.29) is 30.5 Å². The molecule has 0 saturated heterocycles. The van der Waals surface area contributed by atoms with Gasteiger partial charge in [0.05, 0.1) is 6.61 Å². The number of aliphatic hydroxyl groups is 1. The van der Waals surface area contributed by atoms with Crippen molar-refractivity contribution in [1.82, 2.24) is 15.5 Å². The summed E-state index contributed by atoms with van der Waals surface area (Å²) in [5, 5.41) is 17.2. The van der Waals surface area contributed by atoms with Crippen LogP contribution in [0.25, 0.3) is 0 Å². The van der Waals surface area contributed by atoms with Crippen LogP contribution in [-0.2, 0) is 6.54 Å². The van der Waals surface area contributed by atoms with Crippen molar-refractivity contribution in [3.63, 3.8) is 0 Å². The molecule has 2 heterocycles. The van der Waals surface area contributed by atoms with E-state index in [1.54, 1.807) is 6.92 Å². The highest BCUT2D eigenvalue weighted by Crippen LogP contribution is 2.41. The minimum atomic E-state index is 0.0115. The summed E-state index contributed by atoms with van der Waals surface area (Å²) in [6.45, 7) is 15.0. The van der Waals surface area contributed by atoms with Crippen molar-refractivity contribution in [3.05, 3.63) is 35.4 Å². The SMILES string of the molecule is CC(=O)c1ccccc1CNc1nc(N(CCO)C(C)C)nc2c1N(C(C)C)NN2C(C)C. The molecule has 33 heavy (non-hydrogen) atoms. The lowest BCUT2D eigenvalue weighted by Crippen LogP contribution is -2.50. The molecule has 3 rings (SSSR count). The molecular formula is C24H37N7O2. The van der Waals surface area contributed by atoms with E-state index in [1.165, 1.54) is 0 Å². The van der Waals surface area contributed by atoms with Gasteiger partial charge in [0.25, 0.3) is 0 Å². The number of rotatable bonds is 10. The maximum atomic E-state index is 12.1. The minimum Gasteiger partial charge on any atom is -0.395 e. The number of Topliss-reactive ketones (excluding diaryl/α,β-unsaturated/α-hetero) is 1. The number of nitrogens with one attached hydrogen (secondary N) is 2. The average molecular weight is 456 g/mol. The van der Waals surface area contributed by atoms with Gasteiger partial charge in [-0.3, -0.25) is 14.8 Å². The highest BCUT2D eigenvalue weighted by molar-refractivity contribution is 5.95. The van der Waals surface area contributed by atoms with Gasteiger partial charge in [-0.25, -0.2) is 0 Å². The average Bonchev–Trinajstić information content (AvgIpc) is 3.16. The third-order valence-electron chi connectivity index (χ3n) is 5.64. The van der Waals surface area contributed by atoms with E-state index in [0.717, 1.165) is 17.1 Å². The van der Waals surface area contributed by atoms with Crippen LogP contribution in [0, 0.1) is 0 Å². The monoisotopic (exact) mass is 455 g/mol. The Morgan fingerprint density at radius 1 is 1.09 bits per heavy atom. The first-order valence-electron chi connectivity index (χ1n) is 11.6. The predicted molar refractivity (Wildman–Crippen MR) is 134 cm³/mol. The smallest absolute Gasteiger partial charge is 0.229 e. The Morgan fingerprint density at radius 3 is 2.33 bits per heavy atom. The molecule has 1 aromatic heterocycles. The van der Waals surface area contributed by atoms with Crippen LogP contribution in [0.15, 0.2) is 24.3 Å². The summed E-state index contributed by atoms with van der Waals surface area (Å²) in [4.78, 5) is 23.9. The number of ketones is 1. The topological polar surface area (TPSA) is 96.9 Å². The number of hydrogen-bond acceptors (Lipinski definition) is 9. The molecule has 0 amide bonds. The van der Waals surface area contributed by atoms with E-state index in [1.807, 2.05) is 34.2 Å². The molecule has 2 aromatic rings. The van der Waals surface area contributed by atoms with Crippen molar-refractivity contribution in [2.75, 3.05) is 33.4 Å². The fourth-order valence-electron chi connectivity index (χ4n) is 3.91. The summed E-state index contributed by atoms with van der Waals surface area (Å²) in [6.07, 6.45) is 0. The van der Waals surface area contributed by atoms with Gasteiger partial charge >= 0.3 is 0 Å². The zero-order valence-electron chi connectivity index (χ0n) is 20.8. The molecule has 0 aliphatic carbocycles. The number of nitrogens with zero attached hydrogens (tertiary/aromatic N) is 5. The number of fused-ring (bicyclic) bond motifs is 1. The predicted octanol–water partition coefficient (Wildman–Crippen LogP) is 3.36. The standard InChI is InChI=1S/C24H37N7O2/c1-15(2)29(12-13-32)24-26-22(25-14-19-10-8-9-11-20(19)18(7)33)21-23(27-24)31(17(5)6)28-30(21)16(3)4/h8-11,15-17,28,32H,12-14H2,1-7H3,(H,25,26,27). The van der Waals surface area contributed by atoms with Crippen LogP contribution in [0.4, 0.5) is 23.3 Å². The van der Waals surface area contributed by atoms with Crippen molar-refractivity contribution in [2.45, 2.75) is 73.1 Å². The van der Waals surface area contributed by atoms with Gasteiger partial charge in [-0.2, -0.15) is 9.97 Å². The van der Waals surface area contributed by atoms with E-state index in [2.05, 4.69) is 57.4 Å². The molecule has 0 saturated carbocycles. The molecule has 180 valence electrons. The number of benzene rings is 1. The molecule has 0 atom stereocenters. The van der Waals surface area contributed by atoms with Gasteiger partial charge in [-0.15, -0.1) is 5.53 Å². The molecule has 1 aliphatic heterocycles. The number of hydrogen-bond donors (Lipinski definition) is 3. The largest absolute Gasteiger partial charge is 0.395 e. The lowest BCUT2D eigenvalue weighted by atomic mass is 10.0. The number of carbonyl (C=O) groups is 1. The normalized spacial score (nSPS) is 13.3. The quantitative estimate of drug-likeness (QED) is 0.466. The van der Waals surface area contributed by atoms with E-state index >= 15 is 0 Å². The summed E-state index contributed by atoms with van der Waals surface area (Å²) < 4.78 is 0. The Hall–Kier alpha value is -2.91. The van der Waals surface area contributed by atoms with Crippen molar-refractivity contribution in [1.29, 1.82) is 0 Å². The van der Waals surface area contributed by atoms with Crippen LogP contribution in [0.1, 0.15) is 64.4 Å². The first-order chi connectivity index (χ1) is 15.6. The molecule has 0 unspecified atom stereocenters. The lowest BCUT2D eigenvalue weighted by molar-refractivity contribution is 0.101. The third kappa shape index (κ3) is 5.20. The van der Waals surface area contributed by atoms with Gasteiger partial charge in [0.2, 0.25) is 5.95 Å². The second-order valence-corrected chi connectivity index (χ2v) is 9.15. The van der Waals surface area contributed by atoms with E-state index in [4.69, 9.17) is 9.97 Å². The summed E-state index contributed by atoms with van der Waals surface area (Å²) in [5.74, 6) is 2.06. The Morgan fingerprint density at radius 2 is 1.76 bits per heavy atom. The molecule has 1 aromatic carbocycles. The summed E-state index contributed by atoms with van der Waals surface area (Å²) in [5.41, 5.74) is 5.94. The second kappa shape index (κ2) is 10.4. The first kappa shape index (κ1) is 24.7. The maximum absolute atomic E-state index is 12.1. The number of aliphatic hydroxyl groups excluding tert-OH is 1. The Bertz CT molecular complexity index is 977. The molecule has 3 N–H and O–H groups in total. The van der Waals surface area contributed by atoms with Crippen LogP contribution in [0.2, 0.25) is 0 Å². The molecule has 9 nitrogen and oxygen atoms in total. The molecular weight excluding hydrogens is 418 g/mol. The fourth-order valence-corrected chi connectivity index (χ4v) is 3.91. The van der Waals surface area contributed by atoms with Crippen molar-refractivity contribution < 1.29 is 9.90 Å². The maximum Gasteiger partial charge on any atom is 0.229 e. The molecule has 0 bridgehead atoms. The zero-order valence-corrected chi connectivity index (χ0v) is 20.8. The third-order valence-corrected chi connectivity index (χ3v) is 5.64. The van der Waals surface area contributed by atoms with Gasteiger partial charge in [-0.05, 0) is 54.0 Å². The van der Waals surface area contributed by atoms with Crippen LogP contribution >= 0.6 is 0 Å². The Balaban J connectivity index is 2.11. The molecule has 0 radical (unpaired) electrons. The zero-order chi connectivity index (χ0) is 24.3. The summed E-state index contributed by atoms with van der Waals surface area (Å²) in [7, 11) is 0. The van der Waals surface area contributed by atoms with E-state index in [0.29, 0.717) is 30.4 Å². The first-order valence-corrected chi connectivity index (χ1v) is 11.6. The van der Waals surface area contributed by atoms with E-state index in [9.17, 15) is 9.90 Å². The number of aromatic nitrogens is 2. The van der Waals surface area contributed by atoms with Crippen molar-refractivity contribution >= 4 is 29.1 Å². The molecule has 0 spiro atoms. The number of hydrazine groups is 2. The Kier molecular flexibility index (Phi) is 7.76. The van der Waals surface area contributed by atoms with E-state index < -0.39 is 0 Å². The van der Waals surface area contributed by atoms with Crippen LogP contribution in [0.3, 0.4) is 0 Å². The van der Waals surface area contributed by atoms with Crippen molar-refractivity contribution in [3.8, 4) is 0 Å². The number of anilines is 4. The highest BCUT2D eigenvalue weighted by atomic mass is 16.3. The highest BCUT2D eigenvalue weighted by Gasteiger charge is 2.35. The van der Waals surface area contributed by atoms with Gasteiger partial charge in [0.15, 0.2) is 17.4 Å². The fraction of sp³-hybridized carbons (Fsp3) is 0.542. The molecule has 9 heteroatoms. The molecule has 0 fully saturated rings. The van der Waals surface area contributed by atoms with Gasteiger partial charge in [0, 0.05) is 36.8 Å². The minimum absolute atomic E-state index is 0.0115. The van der Waals surface area contributed by atoms with Gasteiger partial charge in [-0.1, -0.05) is 24.3 Å².